The minimum absolute atomic E-state index is 0.118. The fourth-order valence-corrected chi connectivity index (χ4v) is 1.26. The fourth-order valence-electron chi connectivity index (χ4n) is 1.26. The van der Waals surface area contributed by atoms with Crippen LogP contribution in [0.5, 0.6) is 0 Å². The van der Waals surface area contributed by atoms with Gasteiger partial charge < -0.3 is 0 Å². The van der Waals surface area contributed by atoms with E-state index in [1.165, 1.54) is 0 Å². The number of hydrogen-bond donors (Lipinski definition) is 0. The topological polar surface area (TPSA) is 0 Å². The summed E-state index contributed by atoms with van der Waals surface area (Å²) in [6.45, 7) is 3.49. The molecule has 0 aromatic heterocycles. The van der Waals surface area contributed by atoms with Gasteiger partial charge in [-0.2, -0.15) is 0 Å². The Morgan fingerprint density at radius 3 is 1.44 bits per heavy atom. The van der Waals surface area contributed by atoms with Crippen LogP contribution in [0.2, 0.25) is 0 Å². The van der Waals surface area contributed by atoms with Gasteiger partial charge in [0.2, 0.25) is 5.92 Å². The molecular weight excluding hydrogens is 206 g/mol. The minimum Gasteiger partial charge on any atom is -0.207 e. The number of rotatable bonds is 0. The second-order valence-corrected chi connectivity index (χ2v) is 3.42. The first-order valence-corrected chi connectivity index (χ1v) is 5.34. The molecule has 0 saturated heterocycles. The molecule has 0 nitrogen and oxygen atoms in total. The third-order valence-corrected chi connectivity index (χ3v) is 2.02. The molecule has 0 amide bonds. The molecule has 0 spiro atoms. The summed E-state index contributed by atoms with van der Waals surface area (Å²) in [4.78, 5) is 0. The van der Waals surface area contributed by atoms with Gasteiger partial charge in [-0.3, -0.25) is 0 Å². The average molecular weight is 222 g/mol. The predicted molar refractivity (Wildman–Crippen MR) is 62.7 cm³/mol. The number of hydrogen-bond acceptors (Lipinski definition) is 0. The van der Waals surface area contributed by atoms with Crippen molar-refractivity contribution in [2.24, 2.45) is 0 Å². The smallest absolute Gasteiger partial charge is 0.207 e. The van der Waals surface area contributed by atoms with E-state index in [0.29, 0.717) is 12.8 Å². The zero-order chi connectivity index (χ0) is 12.3. The third kappa shape index (κ3) is 9.11. The molecule has 0 aliphatic heterocycles. The summed E-state index contributed by atoms with van der Waals surface area (Å²) in [6, 6.07) is 0. The highest BCUT2D eigenvalue weighted by Crippen LogP contribution is 2.32. The van der Waals surface area contributed by atoms with Gasteiger partial charge >= 0.3 is 0 Å². The van der Waals surface area contributed by atoms with E-state index in [1.807, 2.05) is 0 Å². The number of halogens is 2. The van der Waals surface area contributed by atoms with Gasteiger partial charge in [0.05, 0.1) is 0 Å². The Bertz CT molecular complexity index is 329. The first kappa shape index (κ1) is 14.5. The van der Waals surface area contributed by atoms with E-state index in [1.54, 1.807) is 13.8 Å². The molecule has 0 aromatic rings. The van der Waals surface area contributed by atoms with Crippen molar-refractivity contribution >= 4 is 0 Å². The maximum absolute atomic E-state index is 12.2. The van der Waals surface area contributed by atoms with Crippen LogP contribution in [0, 0.1) is 35.5 Å². The Kier molecular flexibility index (Phi) is 8.01. The maximum atomic E-state index is 12.2. The number of alkyl halides is 2. The lowest BCUT2D eigenvalue weighted by atomic mass is 9.97. The molecule has 1 rings (SSSR count). The minimum atomic E-state index is -2.32. The highest BCUT2D eigenvalue weighted by molar-refractivity contribution is 5.34. The van der Waals surface area contributed by atoms with Gasteiger partial charge in [0.15, 0.2) is 0 Å². The van der Waals surface area contributed by atoms with Crippen molar-refractivity contribution in [1.82, 2.24) is 0 Å². The molecule has 2 heteroatoms. The highest BCUT2D eigenvalue weighted by atomic mass is 19.3. The van der Waals surface area contributed by atoms with Crippen molar-refractivity contribution in [1.29, 1.82) is 0 Å². The summed E-state index contributed by atoms with van der Waals surface area (Å²) in [5.74, 6) is 13.2. The monoisotopic (exact) mass is 222 g/mol. The molecule has 0 bridgehead atoms. The SMILES string of the molecule is CC#CC#CC#CC.FC1(F)CCCCC1. The van der Waals surface area contributed by atoms with Crippen LogP contribution < -0.4 is 0 Å². The van der Waals surface area contributed by atoms with Gasteiger partial charge in [-0.15, -0.1) is 0 Å². The second-order valence-electron chi connectivity index (χ2n) is 3.42. The Morgan fingerprint density at radius 1 is 0.750 bits per heavy atom. The first-order chi connectivity index (χ1) is 7.62. The van der Waals surface area contributed by atoms with Crippen LogP contribution in [0.3, 0.4) is 0 Å². The Morgan fingerprint density at radius 2 is 1.19 bits per heavy atom. The van der Waals surface area contributed by atoms with Crippen LogP contribution in [0.4, 0.5) is 8.78 Å². The molecule has 0 aromatic carbocycles. The van der Waals surface area contributed by atoms with E-state index in [2.05, 4.69) is 35.5 Å². The Labute approximate surface area is 96.8 Å². The van der Waals surface area contributed by atoms with E-state index in [9.17, 15) is 8.78 Å². The predicted octanol–water partition coefficient (Wildman–Crippen LogP) is 3.62. The lowest BCUT2D eigenvalue weighted by Gasteiger charge is -2.20. The van der Waals surface area contributed by atoms with Crippen LogP contribution >= 0.6 is 0 Å². The summed E-state index contributed by atoms with van der Waals surface area (Å²) >= 11 is 0. The van der Waals surface area contributed by atoms with Crippen LogP contribution in [0.1, 0.15) is 46.0 Å². The average Bonchev–Trinajstić information content (AvgIpc) is 2.25. The summed E-state index contributed by atoms with van der Waals surface area (Å²) < 4.78 is 24.4. The van der Waals surface area contributed by atoms with Gasteiger partial charge in [0, 0.05) is 12.8 Å². The van der Waals surface area contributed by atoms with Crippen molar-refractivity contribution in [3.05, 3.63) is 0 Å². The largest absolute Gasteiger partial charge is 0.248 e. The van der Waals surface area contributed by atoms with Crippen LogP contribution in [0.15, 0.2) is 0 Å². The normalized spacial score (nSPS) is 15.8. The Hall–Kier alpha value is -1.46. The van der Waals surface area contributed by atoms with E-state index in [4.69, 9.17) is 0 Å². The third-order valence-electron chi connectivity index (χ3n) is 2.02. The molecule has 0 N–H and O–H groups in total. The summed E-state index contributed by atoms with van der Waals surface area (Å²) in [6.07, 6.45) is 2.66. The molecule has 0 atom stereocenters. The summed E-state index contributed by atoms with van der Waals surface area (Å²) in [5, 5.41) is 0. The first-order valence-electron chi connectivity index (χ1n) is 5.34. The van der Waals surface area contributed by atoms with Gasteiger partial charge in [-0.25, -0.2) is 8.78 Å². The van der Waals surface area contributed by atoms with Gasteiger partial charge in [0.25, 0.3) is 0 Å². The highest BCUT2D eigenvalue weighted by Gasteiger charge is 2.30. The summed E-state index contributed by atoms with van der Waals surface area (Å²) in [5.41, 5.74) is 0. The second kappa shape index (κ2) is 8.82. The van der Waals surface area contributed by atoms with Crippen molar-refractivity contribution < 1.29 is 8.78 Å². The zero-order valence-corrected chi connectivity index (χ0v) is 9.79. The van der Waals surface area contributed by atoms with E-state index in [-0.39, 0.29) is 12.8 Å². The summed E-state index contributed by atoms with van der Waals surface area (Å²) in [7, 11) is 0. The van der Waals surface area contributed by atoms with Gasteiger partial charge in [-0.05, 0) is 50.4 Å². The molecule has 86 valence electrons. The van der Waals surface area contributed by atoms with E-state index >= 15 is 0 Å². The van der Waals surface area contributed by atoms with Crippen molar-refractivity contribution in [3.63, 3.8) is 0 Å². The lowest BCUT2D eigenvalue weighted by molar-refractivity contribution is -0.0337. The molecule has 1 aliphatic rings. The molecule has 1 saturated carbocycles. The molecular formula is C14H16F2. The quantitative estimate of drug-likeness (QED) is 0.549. The van der Waals surface area contributed by atoms with Crippen LogP contribution in [0.25, 0.3) is 0 Å². The zero-order valence-electron chi connectivity index (χ0n) is 9.79. The van der Waals surface area contributed by atoms with Crippen molar-refractivity contribution in [2.45, 2.75) is 51.9 Å². The Balaban J connectivity index is 0.000000281. The molecule has 0 heterocycles. The van der Waals surface area contributed by atoms with Crippen molar-refractivity contribution in [2.75, 3.05) is 0 Å². The molecule has 0 unspecified atom stereocenters. The standard InChI is InChI=1S/C8H6.C6H10F2/c1-3-5-7-8-6-4-2;7-6(8)4-2-1-3-5-6/h1-2H3;1-5H2. The van der Waals surface area contributed by atoms with E-state index in [0.717, 1.165) is 6.42 Å². The van der Waals surface area contributed by atoms with Crippen LogP contribution in [-0.2, 0) is 0 Å². The molecule has 1 aliphatic carbocycles. The van der Waals surface area contributed by atoms with Crippen LogP contribution in [-0.4, -0.2) is 5.92 Å². The van der Waals surface area contributed by atoms with Gasteiger partial charge in [0.1, 0.15) is 0 Å². The maximum Gasteiger partial charge on any atom is 0.248 e. The van der Waals surface area contributed by atoms with E-state index < -0.39 is 5.92 Å². The molecule has 1 fully saturated rings. The lowest BCUT2D eigenvalue weighted by Crippen LogP contribution is -2.18. The molecule has 0 radical (unpaired) electrons. The fraction of sp³-hybridized carbons (Fsp3) is 0.571. The molecule has 16 heavy (non-hydrogen) atoms. The van der Waals surface area contributed by atoms with Gasteiger partial charge in [-0.1, -0.05) is 18.3 Å². The van der Waals surface area contributed by atoms with Crippen molar-refractivity contribution in [3.8, 4) is 35.5 Å².